The van der Waals surface area contributed by atoms with Crippen molar-refractivity contribution in [2.45, 2.75) is 92.9 Å². The van der Waals surface area contributed by atoms with Crippen LogP contribution in [0.2, 0.25) is 0 Å². The van der Waals surface area contributed by atoms with Gasteiger partial charge >= 0.3 is 0 Å². The molecule has 0 aromatic rings. The maximum absolute atomic E-state index is 10.5. The minimum atomic E-state index is -1.76. The molecule has 3 aliphatic rings. The Kier molecular flexibility index (Phi) is 8.21. The maximum atomic E-state index is 10.5. The van der Waals surface area contributed by atoms with Crippen molar-refractivity contribution in [3.8, 4) is 0 Å². The Hall–Kier alpha value is -0.560. The number of aliphatic hydroxyl groups excluding tert-OH is 9. The highest BCUT2D eigenvalue weighted by Gasteiger charge is 2.52. The maximum Gasteiger partial charge on any atom is 0.187 e. The number of hydrogen-bond donors (Lipinski definition) is 9. The molecule has 3 saturated heterocycles. The zero-order chi connectivity index (χ0) is 23.0. The predicted octanol–water partition coefficient (Wildman–Crippen LogP) is -5.91. The lowest BCUT2D eigenvalue weighted by molar-refractivity contribution is -0.380. The zero-order valence-corrected chi connectivity index (χ0v) is 16.6. The van der Waals surface area contributed by atoms with E-state index in [2.05, 4.69) is 0 Å². The predicted molar refractivity (Wildman–Crippen MR) is 93.8 cm³/mol. The summed E-state index contributed by atoms with van der Waals surface area (Å²) in [4.78, 5) is 0. The van der Waals surface area contributed by atoms with Gasteiger partial charge in [-0.3, -0.25) is 0 Å². The topological polar surface area (TPSA) is 228 Å². The lowest BCUT2D eigenvalue weighted by atomic mass is 9.97. The van der Waals surface area contributed by atoms with Crippen molar-refractivity contribution in [1.82, 2.24) is 0 Å². The molecule has 0 radical (unpaired) electrons. The van der Waals surface area contributed by atoms with Crippen molar-refractivity contribution >= 4 is 0 Å². The molecule has 3 heterocycles. The first-order valence-corrected chi connectivity index (χ1v) is 9.85. The highest BCUT2D eigenvalue weighted by Crippen LogP contribution is 2.31. The Balaban J connectivity index is 1.80. The molecule has 31 heavy (non-hydrogen) atoms. The summed E-state index contributed by atoms with van der Waals surface area (Å²) in [6, 6.07) is 0. The van der Waals surface area contributed by atoms with Gasteiger partial charge in [-0.15, -0.1) is 0 Å². The SMILES string of the molecule is C[C@H]1OC(O)[C@H](O)[C@@H](O[C@@H]2O[C@H](CO)[C@@H](O)[C@H](O)[C@H]2O[C@@H]2OC[C@@H](O)[C@H](O)[C@H]2O)[C@H]1O. The summed E-state index contributed by atoms with van der Waals surface area (Å²) in [5.74, 6) is 0. The summed E-state index contributed by atoms with van der Waals surface area (Å²) in [5.41, 5.74) is 0. The molecular formula is C17H30O14. The third kappa shape index (κ3) is 5.02. The van der Waals surface area contributed by atoms with E-state index in [1.165, 1.54) is 6.92 Å². The highest BCUT2D eigenvalue weighted by molar-refractivity contribution is 4.94. The van der Waals surface area contributed by atoms with Crippen molar-refractivity contribution < 1.29 is 69.6 Å². The fraction of sp³-hybridized carbons (Fsp3) is 1.00. The van der Waals surface area contributed by atoms with Gasteiger partial charge in [0.25, 0.3) is 0 Å². The van der Waals surface area contributed by atoms with Crippen LogP contribution >= 0.6 is 0 Å². The Morgan fingerprint density at radius 1 is 0.710 bits per heavy atom. The van der Waals surface area contributed by atoms with Crippen LogP contribution < -0.4 is 0 Å². The number of aliphatic hydroxyl groups is 9. The van der Waals surface area contributed by atoms with Crippen LogP contribution in [0.25, 0.3) is 0 Å². The smallest absolute Gasteiger partial charge is 0.187 e. The van der Waals surface area contributed by atoms with Gasteiger partial charge in [-0.25, -0.2) is 0 Å². The van der Waals surface area contributed by atoms with E-state index in [4.69, 9.17) is 23.7 Å². The van der Waals surface area contributed by atoms with Crippen LogP contribution in [-0.2, 0) is 23.7 Å². The Morgan fingerprint density at radius 2 is 1.35 bits per heavy atom. The first-order valence-electron chi connectivity index (χ1n) is 9.85. The van der Waals surface area contributed by atoms with Crippen LogP contribution in [0.5, 0.6) is 0 Å². The minimum Gasteiger partial charge on any atom is -0.394 e. The molecule has 3 rings (SSSR count). The molecular weight excluding hydrogens is 428 g/mol. The standard InChI is InChI=1S/C17H30O14/c1-4-7(20)13(12(25)15(26)28-4)30-17-14(10(23)9(22)6(2-18)29-17)31-16-11(24)8(21)5(19)3-27-16/h4-26H,2-3H2,1H3/t4-,5-,6-,7+,8+,9-,10+,11-,12-,13+,14-,15?,16+,17+/m1/s1. The molecule has 0 saturated carbocycles. The average molecular weight is 458 g/mol. The third-order valence-electron chi connectivity index (χ3n) is 5.66. The van der Waals surface area contributed by atoms with E-state index in [1.54, 1.807) is 0 Å². The fourth-order valence-corrected chi connectivity index (χ4v) is 3.69. The Morgan fingerprint density at radius 3 is 2.00 bits per heavy atom. The molecule has 0 amide bonds. The molecule has 3 fully saturated rings. The van der Waals surface area contributed by atoms with E-state index in [0.717, 1.165) is 0 Å². The molecule has 9 N–H and O–H groups in total. The molecule has 0 spiro atoms. The molecule has 0 aromatic heterocycles. The van der Waals surface area contributed by atoms with Crippen molar-refractivity contribution in [2.75, 3.05) is 13.2 Å². The van der Waals surface area contributed by atoms with E-state index in [0.29, 0.717) is 0 Å². The van der Waals surface area contributed by atoms with Crippen molar-refractivity contribution in [3.63, 3.8) is 0 Å². The lowest BCUT2D eigenvalue weighted by Gasteiger charge is -2.47. The molecule has 14 nitrogen and oxygen atoms in total. The molecule has 1 unspecified atom stereocenters. The summed E-state index contributed by atoms with van der Waals surface area (Å²) in [6.45, 7) is 0.289. The van der Waals surface area contributed by atoms with Crippen molar-refractivity contribution in [1.29, 1.82) is 0 Å². The van der Waals surface area contributed by atoms with Gasteiger partial charge in [0.15, 0.2) is 18.9 Å². The van der Waals surface area contributed by atoms with Crippen LogP contribution in [0.1, 0.15) is 6.92 Å². The number of rotatable bonds is 5. The van der Waals surface area contributed by atoms with Crippen LogP contribution in [0.15, 0.2) is 0 Å². The van der Waals surface area contributed by atoms with Gasteiger partial charge in [-0.05, 0) is 6.92 Å². The normalized spacial score (nSPS) is 54.0. The molecule has 14 atom stereocenters. The van der Waals surface area contributed by atoms with Gasteiger partial charge in [0.1, 0.15) is 61.0 Å². The van der Waals surface area contributed by atoms with E-state index in [1.807, 2.05) is 0 Å². The second-order valence-electron chi connectivity index (χ2n) is 7.87. The van der Waals surface area contributed by atoms with Crippen LogP contribution in [0, 0.1) is 0 Å². The van der Waals surface area contributed by atoms with Crippen LogP contribution in [0.4, 0.5) is 0 Å². The highest BCUT2D eigenvalue weighted by atomic mass is 16.8. The lowest BCUT2D eigenvalue weighted by Crippen LogP contribution is -2.65. The third-order valence-corrected chi connectivity index (χ3v) is 5.66. The van der Waals surface area contributed by atoms with Crippen molar-refractivity contribution in [3.05, 3.63) is 0 Å². The second-order valence-corrected chi connectivity index (χ2v) is 7.87. The fourth-order valence-electron chi connectivity index (χ4n) is 3.69. The number of hydrogen-bond acceptors (Lipinski definition) is 14. The van der Waals surface area contributed by atoms with E-state index < -0.39 is 99.2 Å². The summed E-state index contributed by atoms with van der Waals surface area (Å²) in [7, 11) is 0. The summed E-state index contributed by atoms with van der Waals surface area (Å²) < 4.78 is 26.6. The molecule has 0 aromatic carbocycles. The van der Waals surface area contributed by atoms with Crippen LogP contribution in [0.3, 0.4) is 0 Å². The summed E-state index contributed by atoms with van der Waals surface area (Å²) in [6.07, 6.45) is -21.6. The van der Waals surface area contributed by atoms with Gasteiger partial charge in [0, 0.05) is 0 Å². The number of ether oxygens (including phenoxy) is 5. The second kappa shape index (κ2) is 10.1. The summed E-state index contributed by atoms with van der Waals surface area (Å²) >= 11 is 0. The molecule has 14 heteroatoms. The van der Waals surface area contributed by atoms with Gasteiger partial charge < -0.3 is 69.6 Å². The van der Waals surface area contributed by atoms with Gasteiger partial charge in [-0.1, -0.05) is 0 Å². The van der Waals surface area contributed by atoms with Gasteiger partial charge in [0.2, 0.25) is 0 Å². The van der Waals surface area contributed by atoms with Gasteiger partial charge in [-0.2, -0.15) is 0 Å². The average Bonchev–Trinajstić information content (AvgIpc) is 2.74. The Bertz CT molecular complexity index is 567. The Labute approximate surface area is 176 Å². The molecule has 0 bridgehead atoms. The van der Waals surface area contributed by atoms with E-state index >= 15 is 0 Å². The van der Waals surface area contributed by atoms with Gasteiger partial charge in [0.05, 0.1) is 19.3 Å². The first kappa shape index (κ1) is 25.1. The van der Waals surface area contributed by atoms with E-state index in [-0.39, 0.29) is 0 Å². The minimum absolute atomic E-state index is 0.402. The summed E-state index contributed by atoms with van der Waals surface area (Å²) in [5, 5.41) is 89.9. The largest absolute Gasteiger partial charge is 0.394 e. The molecule has 182 valence electrons. The molecule has 0 aliphatic carbocycles. The molecule has 3 aliphatic heterocycles. The monoisotopic (exact) mass is 458 g/mol. The first-order chi connectivity index (χ1) is 14.6. The quantitative estimate of drug-likeness (QED) is 0.187. The van der Waals surface area contributed by atoms with E-state index in [9.17, 15) is 46.0 Å². The zero-order valence-electron chi connectivity index (χ0n) is 16.6. The van der Waals surface area contributed by atoms with Crippen LogP contribution in [-0.4, -0.2) is 145 Å². The van der Waals surface area contributed by atoms with Crippen molar-refractivity contribution in [2.24, 2.45) is 0 Å².